The van der Waals surface area contributed by atoms with E-state index in [2.05, 4.69) is 20.9 Å². The highest BCUT2D eigenvalue weighted by Gasteiger charge is 2.47. The van der Waals surface area contributed by atoms with Gasteiger partial charge in [-0.3, -0.25) is 14.2 Å². The van der Waals surface area contributed by atoms with E-state index in [9.17, 15) is 18.8 Å². The Morgan fingerprint density at radius 3 is 2.71 bits per heavy atom. The number of carbonyl (C=O) groups excluding carboxylic acids is 2. The molecule has 0 radical (unpaired) electrons. The molecule has 1 aliphatic heterocycles. The van der Waals surface area contributed by atoms with Crippen molar-refractivity contribution < 1.29 is 28.2 Å². The summed E-state index contributed by atoms with van der Waals surface area (Å²) in [6, 6.07) is 0. The van der Waals surface area contributed by atoms with E-state index in [0.717, 1.165) is 10.8 Å². The zero-order valence-electron chi connectivity index (χ0n) is 12.8. The van der Waals surface area contributed by atoms with Gasteiger partial charge < -0.3 is 19.9 Å². The predicted molar refractivity (Wildman–Crippen MR) is 81.7 cm³/mol. The van der Waals surface area contributed by atoms with Crippen LogP contribution < -0.4 is 11.4 Å². The Morgan fingerprint density at radius 1 is 1.46 bits per heavy atom. The fraction of sp³-hybridized carbons (Fsp3) is 0.538. The summed E-state index contributed by atoms with van der Waals surface area (Å²) >= 11 is 3.28. The molecule has 4 atom stereocenters. The number of esters is 2. The van der Waals surface area contributed by atoms with Crippen LogP contribution in [0.1, 0.15) is 20.1 Å². The van der Waals surface area contributed by atoms with Crippen LogP contribution in [-0.4, -0.2) is 45.1 Å². The molecule has 2 rings (SSSR count). The third kappa shape index (κ3) is 3.90. The molecule has 1 aliphatic rings. The average Bonchev–Trinajstić information content (AvgIpc) is 2.77. The maximum absolute atomic E-state index is 13.6. The van der Waals surface area contributed by atoms with Crippen LogP contribution in [0, 0.1) is 5.82 Å². The number of alkyl halides is 1. The standard InChI is InChI=1S/C13H15BrFN3O6/c1-5(19)22-4-8-10(23-6(2)20)9(14)12(24-8)18-3-7(15)11(16)17-13(18)21/h3,8-10,12H,4H2,1-2H3,(H2,16,17,21)/t8-,9+,10-,12-/m1/s1. The molecule has 0 aromatic carbocycles. The van der Waals surface area contributed by atoms with Crippen LogP contribution in [0.4, 0.5) is 10.2 Å². The van der Waals surface area contributed by atoms with Crippen LogP contribution in [0.15, 0.2) is 11.0 Å². The van der Waals surface area contributed by atoms with Gasteiger partial charge in [0.25, 0.3) is 0 Å². The van der Waals surface area contributed by atoms with Gasteiger partial charge in [-0.2, -0.15) is 4.98 Å². The summed E-state index contributed by atoms with van der Waals surface area (Å²) in [6.07, 6.45) is -1.90. The predicted octanol–water partition coefficient (Wildman–Crippen LogP) is 0.120. The van der Waals surface area contributed by atoms with E-state index in [1.54, 1.807) is 0 Å². The first-order valence-corrected chi connectivity index (χ1v) is 7.76. The first-order valence-electron chi connectivity index (χ1n) is 6.85. The highest BCUT2D eigenvalue weighted by Crippen LogP contribution is 2.36. The Kier molecular flexibility index (Phi) is 5.54. The van der Waals surface area contributed by atoms with E-state index in [0.29, 0.717) is 0 Å². The molecule has 0 spiro atoms. The number of nitrogens with two attached hydrogens (primary N) is 1. The topological polar surface area (TPSA) is 123 Å². The Morgan fingerprint density at radius 2 is 2.12 bits per heavy atom. The van der Waals surface area contributed by atoms with Crippen molar-refractivity contribution in [2.45, 2.75) is 37.1 Å². The molecule has 0 unspecified atom stereocenters. The van der Waals surface area contributed by atoms with Gasteiger partial charge in [-0.15, -0.1) is 0 Å². The number of nitrogens with zero attached hydrogens (tertiary/aromatic N) is 2. The van der Waals surface area contributed by atoms with Gasteiger partial charge in [0.15, 0.2) is 17.9 Å². The SMILES string of the molecule is CC(=O)OC[C@H]1O[C@@H](n2cc(F)c(N)nc2=O)[C@@H](Br)[C@@H]1OC(C)=O. The van der Waals surface area contributed by atoms with Crippen molar-refractivity contribution in [2.75, 3.05) is 12.3 Å². The first-order chi connectivity index (χ1) is 11.2. The summed E-state index contributed by atoms with van der Waals surface area (Å²) in [4.78, 5) is 36.8. The van der Waals surface area contributed by atoms with Crippen LogP contribution in [0.25, 0.3) is 0 Å². The summed E-state index contributed by atoms with van der Waals surface area (Å²) in [5.41, 5.74) is 4.41. The molecule has 2 N–H and O–H groups in total. The molecular weight excluding hydrogens is 393 g/mol. The third-order valence-electron chi connectivity index (χ3n) is 3.23. The lowest BCUT2D eigenvalue weighted by Gasteiger charge is -2.19. The number of halogens is 2. The van der Waals surface area contributed by atoms with Crippen LogP contribution >= 0.6 is 15.9 Å². The van der Waals surface area contributed by atoms with Crippen molar-refractivity contribution >= 4 is 33.7 Å². The minimum Gasteiger partial charge on any atom is -0.463 e. The molecule has 0 bridgehead atoms. The van der Waals surface area contributed by atoms with E-state index in [4.69, 9.17) is 19.9 Å². The van der Waals surface area contributed by atoms with Crippen LogP contribution in [0.3, 0.4) is 0 Å². The van der Waals surface area contributed by atoms with Gasteiger partial charge in [0.2, 0.25) is 0 Å². The second-order valence-corrected chi connectivity index (χ2v) is 6.11. The Bertz CT molecular complexity index is 711. The number of nitrogen functional groups attached to an aromatic ring is 1. The average molecular weight is 408 g/mol. The number of hydrogen-bond donors (Lipinski definition) is 1. The molecule has 0 aliphatic carbocycles. The van der Waals surface area contributed by atoms with Gasteiger partial charge in [-0.1, -0.05) is 15.9 Å². The normalized spacial score (nSPS) is 26.2. The number of carbonyl (C=O) groups is 2. The van der Waals surface area contributed by atoms with Gasteiger partial charge in [0.05, 0.1) is 11.0 Å². The second-order valence-electron chi connectivity index (χ2n) is 5.05. The molecule has 132 valence electrons. The molecule has 1 aromatic heterocycles. The monoisotopic (exact) mass is 407 g/mol. The lowest BCUT2D eigenvalue weighted by Crippen LogP contribution is -2.36. The summed E-state index contributed by atoms with van der Waals surface area (Å²) in [6.45, 7) is 2.21. The van der Waals surface area contributed by atoms with Crippen LogP contribution in [0.2, 0.25) is 0 Å². The minimum atomic E-state index is -1.04. The van der Waals surface area contributed by atoms with E-state index < -0.39 is 52.5 Å². The Balaban J connectivity index is 2.31. The number of ether oxygens (including phenoxy) is 3. The van der Waals surface area contributed by atoms with Crippen LogP contribution in [-0.2, 0) is 23.8 Å². The van der Waals surface area contributed by atoms with Crippen molar-refractivity contribution in [1.29, 1.82) is 0 Å². The zero-order valence-corrected chi connectivity index (χ0v) is 14.4. The molecule has 0 amide bonds. The van der Waals surface area contributed by atoms with Gasteiger partial charge in [0.1, 0.15) is 18.8 Å². The summed E-state index contributed by atoms with van der Waals surface area (Å²) in [5.74, 6) is -2.57. The van der Waals surface area contributed by atoms with Crippen molar-refractivity contribution in [1.82, 2.24) is 9.55 Å². The van der Waals surface area contributed by atoms with Crippen molar-refractivity contribution in [3.8, 4) is 0 Å². The quantitative estimate of drug-likeness (QED) is 0.551. The fourth-order valence-corrected chi connectivity index (χ4v) is 3.05. The second kappa shape index (κ2) is 7.26. The summed E-state index contributed by atoms with van der Waals surface area (Å²) < 4.78 is 30.2. The molecular formula is C13H15BrFN3O6. The van der Waals surface area contributed by atoms with E-state index in [1.165, 1.54) is 13.8 Å². The molecule has 9 nitrogen and oxygen atoms in total. The van der Waals surface area contributed by atoms with Crippen molar-refractivity contribution in [2.24, 2.45) is 0 Å². The maximum atomic E-state index is 13.6. The third-order valence-corrected chi connectivity index (χ3v) is 4.20. The molecule has 1 fully saturated rings. The molecule has 1 saturated heterocycles. The van der Waals surface area contributed by atoms with Crippen molar-refractivity contribution in [3.05, 3.63) is 22.5 Å². The molecule has 24 heavy (non-hydrogen) atoms. The smallest absolute Gasteiger partial charge is 0.351 e. The molecule has 2 heterocycles. The molecule has 1 aromatic rings. The van der Waals surface area contributed by atoms with Crippen molar-refractivity contribution in [3.63, 3.8) is 0 Å². The fourth-order valence-electron chi connectivity index (χ4n) is 2.22. The highest BCUT2D eigenvalue weighted by atomic mass is 79.9. The Labute approximate surface area is 144 Å². The number of hydrogen-bond acceptors (Lipinski definition) is 8. The van der Waals surface area contributed by atoms with E-state index in [-0.39, 0.29) is 6.61 Å². The number of anilines is 1. The van der Waals surface area contributed by atoms with E-state index >= 15 is 0 Å². The van der Waals surface area contributed by atoms with E-state index in [1.807, 2.05) is 0 Å². The lowest BCUT2D eigenvalue weighted by atomic mass is 10.2. The maximum Gasteiger partial charge on any atom is 0.351 e. The number of rotatable bonds is 4. The first kappa shape index (κ1) is 18.3. The largest absolute Gasteiger partial charge is 0.463 e. The van der Waals surface area contributed by atoms with Gasteiger partial charge in [0, 0.05) is 13.8 Å². The molecule has 0 saturated carbocycles. The summed E-state index contributed by atoms with van der Waals surface area (Å²) in [5, 5.41) is 0. The zero-order chi connectivity index (χ0) is 18.0. The Hall–Kier alpha value is -2.01. The van der Waals surface area contributed by atoms with Gasteiger partial charge in [-0.25, -0.2) is 9.18 Å². The van der Waals surface area contributed by atoms with Gasteiger partial charge >= 0.3 is 17.6 Å². The highest BCUT2D eigenvalue weighted by molar-refractivity contribution is 9.09. The lowest BCUT2D eigenvalue weighted by molar-refractivity contribution is -0.155. The van der Waals surface area contributed by atoms with Crippen LogP contribution in [0.5, 0.6) is 0 Å². The van der Waals surface area contributed by atoms with Gasteiger partial charge in [-0.05, 0) is 0 Å². The summed E-state index contributed by atoms with van der Waals surface area (Å²) in [7, 11) is 0. The number of aromatic nitrogens is 2. The molecule has 11 heteroatoms. The minimum absolute atomic E-state index is 0.203.